The van der Waals surface area contributed by atoms with Crippen LogP contribution in [0.4, 0.5) is 19.3 Å². The van der Waals surface area contributed by atoms with Gasteiger partial charge in [0.05, 0.1) is 30.4 Å². The van der Waals surface area contributed by atoms with Crippen LogP contribution in [0.15, 0.2) is 30.6 Å². The van der Waals surface area contributed by atoms with E-state index in [1.54, 1.807) is 0 Å². The minimum atomic E-state index is -1.44. The summed E-state index contributed by atoms with van der Waals surface area (Å²) < 4.78 is 55.1. The fraction of sp³-hybridized carbons (Fsp3) is 0.462. The lowest BCUT2D eigenvalue weighted by molar-refractivity contribution is -0.231. The Kier molecular flexibility index (Phi) is 8.07. The Morgan fingerprint density at radius 1 is 1.26 bits per heavy atom. The number of carbonyl (C=O) groups is 1. The summed E-state index contributed by atoms with van der Waals surface area (Å²) in [5, 5.41) is 11.3. The van der Waals surface area contributed by atoms with E-state index in [9.17, 15) is 13.6 Å². The van der Waals surface area contributed by atoms with Gasteiger partial charge in [0, 0.05) is 44.8 Å². The summed E-state index contributed by atoms with van der Waals surface area (Å²) in [6, 6.07) is 4.23. The number of halogens is 2. The number of benzene rings is 1. The number of hydrogen-bond acceptors (Lipinski definition) is 6. The van der Waals surface area contributed by atoms with Gasteiger partial charge in [-0.1, -0.05) is 19.6 Å². The lowest BCUT2D eigenvalue weighted by Gasteiger charge is -2.42. The fourth-order valence-electron chi connectivity index (χ4n) is 4.24. The summed E-state index contributed by atoms with van der Waals surface area (Å²) in [6.45, 7) is 12.1. The van der Waals surface area contributed by atoms with Crippen molar-refractivity contribution in [3.05, 3.63) is 47.8 Å². The summed E-state index contributed by atoms with van der Waals surface area (Å²) in [5.74, 6) is -2.62. The number of nitrogens with one attached hydrogen (secondary N) is 1. The first-order valence-corrected chi connectivity index (χ1v) is 16.1. The molecule has 0 bridgehead atoms. The third kappa shape index (κ3) is 6.15. The van der Waals surface area contributed by atoms with Crippen molar-refractivity contribution >= 4 is 30.9 Å². The Bertz CT molecular complexity index is 1300. The number of rotatable bonds is 11. The SMILES string of the molecule is CC(C)OC1(c2cn(COCC[Si](C)(C)C)c3nccc(Oc4c(F)cc(NC(=O)O)cc4F)c23)COC1. The van der Waals surface area contributed by atoms with Gasteiger partial charge in [-0.15, -0.1) is 0 Å². The summed E-state index contributed by atoms with van der Waals surface area (Å²) in [4.78, 5) is 15.4. The molecule has 4 rings (SSSR count). The van der Waals surface area contributed by atoms with Crippen molar-refractivity contribution in [3.8, 4) is 11.5 Å². The first-order valence-electron chi connectivity index (χ1n) is 12.4. The van der Waals surface area contributed by atoms with Gasteiger partial charge in [0.2, 0.25) is 0 Å². The molecule has 206 valence electrons. The molecule has 1 fully saturated rings. The maximum atomic E-state index is 14.9. The molecule has 3 aromatic rings. The van der Waals surface area contributed by atoms with Gasteiger partial charge in [-0.05, 0) is 26.0 Å². The van der Waals surface area contributed by atoms with Crippen LogP contribution in [0.5, 0.6) is 11.5 Å². The van der Waals surface area contributed by atoms with Gasteiger partial charge in [-0.25, -0.2) is 18.6 Å². The van der Waals surface area contributed by atoms with Crippen molar-refractivity contribution in [2.24, 2.45) is 0 Å². The number of nitrogens with zero attached hydrogens (tertiary/aromatic N) is 2. The van der Waals surface area contributed by atoms with E-state index in [1.807, 2.05) is 29.9 Å². The number of carboxylic acid groups (broad SMARTS) is 1. The van der Waals surface area contributed by atoms with Gasteiger partial charge in [-0.2, -0.15) is 0 Å². The van der Waals surface area contributed by atoms with E-state index >= 15 is 0 Å². The van der Waals surface area contributed by atoms with Crippen molar-refractivity contribution < 1.29 is 37.6 Å². The molecule has 0 saturated carbocycles. The molecule has 1 saturated heterocycles. The topological polar surface area (TPSA) is 104 Å². The highest BCUT2D eigenvalue weighted by atomic mass is 28.3. The molecule has 1 aromatic carbocycles. The molecule has 2 N–H and O–H groups in total. The summed E-state index contributed by atoms with van der Waals surface area (Å²) in [6.07, 6.45) is 1.81. The van der Waals surface area contributed by atoms with Gasteiger partial charge in [0.15, 0.2) is 17.4 Å². The first-order chi connectivity index (χ1) is 17.9. The lowest BCUT2D eigenvalue weighted by Crippen LogP contribution is -2.50. The van der Waals surface area contributed by atoms with E-state index in [0.29, 0.717) is 36.4 Å². The van der Waals surface area contributed by atoms with E-state index in [1.165, 1.54) is 12.3 Å². The van der Waals surface area contributed by atoms with E-state index in [2.05, 4.69) is 24.6 Å². The molecule has 3 heterocycles. The van der Waals surface area contributed by atoms with Crippen LogP contribution in [0.3, 0.4) is 0 Å². The number of pyridine rings is 1. The van der Waals surface area contributed by atoms with Crippen molar-refractivity contribution in [3.63, 3.8) is 0 Å². The zero-order chi connectivity index (χ0) is 27.7. The second-order valence-corrected chi connectivity index (χ2v) is 16.4. The van der Waals surface area contributed by atoms with Gasteiger partial charge < -0.3 is 28.6 Å². The normalized spacial score (nSPS) is 15.1. The molecule has 0 atom stereocenters. The van der Waals surface area contributed by atoms with Gasteiger partial charge >= 0.3 is 6.09 Å². The molecular weight excluding hydrogens is 516 g/mol. The Labute approximate surface area is 220 Å². The molecule has 9 nitrogen and oxygen atoms in total. The molecule has 12 heteroatoms. The number of hydrogen-bond donors (Lipinski definition) is 2. The van der Waals surface area contributed by atoms with Crippen LogP contribution >= 0.6 is 0 Å². The van der Waals surface area contributed by atoms with Crippen molar-refractivity contribution in [1.82, 2.24) is 9.55 Å². The Hall–Kier alpha value is -3.06. The number of fused-ring (bicyclic) bond motifs is 1. The molecule has 38 heavy (non-hydrogen) atoms. The Morgan fingerprint density at radius 2 is 1.95 bits per heavy atom. The van der Waals surface area contributed by atoms with Crippen molar-refractivity contribution in [1.29, 1.82) is 0 Å². The van der Waals surface area contributed by atoms with Crippen LogP contribution in [0.1, 0.15) is 19.4 Å². The zero-order valence-corrected chi connectivity index (χ0v) is 23.1. The molecule has 0 unspecified atom stereocenters. The lowest BCUT2D eigenvalue weighted by atomic mass is 9.91. The van der Waals surface area contributed by atoms with Crippen molar-refractivity contribution in [2.45, 2.75) is 58.0 Å². The van der Waals surface area contributed by atoms with Crippen LogP contribution in [0.25, 0.3) is 11.0 Å². The van der Waals surface area contributed by atoms with E-state index in [0.717, 1.165) is 18.2 Å². The van der Waals surface area contributed by atoms with Crippen LogP contribution in [0, 0.1) is 11.6 Å². The third-order valence-corrected chi connectivity index (χ3v) is 7.73. The minimum absolute atomic E-state index is 0.115. The molecule has 1 aliphatic rings. The first kappa shape index (κ1) is 28.0. The summed E-state index contributed by atoms with van der Waals surface area (Å²) in [5.41, 5.74) is 0.185. The van der Waals surface area contributed by atoms with E-state index < -0.39 is 37.2 Å². The molecule has 0 radical (unpaired) electrons. The average Bonchev–Trinajstić information content (AvgIpc) is 3.15. The number of aromatic nitrogens is 2. The third-order valence-electron chi connectivity index (χ3n) is 6.03. The second-order valence-electron chi connectivity index (χ2n) is 10.8. The molecule has 1 aliphatic heterocycles. The number of anilines is 1. The maximum absolute atomic E-state index is 14.9. The summed E-state index contributed by atoms with van der Waals surface area (Å²) in [7, 11) is -1.28. The molecule has 1 amide bonds. The Balaban J connectivity index is 1.76. The molecule has 2 aromatic heterocycles. The van der Waals surface area contributed by atoms with Crippen LogP contribution in [0.2, 0.25) is 25.7 Å². The molecular formula is C26H33F2N3O6Si. The smallest absolute Gasteiger partial charge is 0.409 e. The minimum Gasteiger partial charge on any atom is -0.465 e. The van der Waals surface area contributed by atoms with E-state index in [4.69, 9.17) is 24.1 Å². The number of amides is 1. The highest BCUT2D eigenvalue weighted by Gasteiger charge is 2.45. The van der Waals surface area contributed by atoms with Gasteiger partial charge in [0.1, 0.15) is 23.7 Å². The second kappa shape index (κ2) is 11.0. The molecule has 0 spiro atoms. The largest absolute Gasteiger partial charge is 0.465 e. The number of ether oxygens (including phenoxy) is 4. The summed E-state index contributed by atoms with van der Waals surface area (Å²) >= 11 is 0. The van der Waals surface area contributed by atoms with Crippen molar-refractivity contribution in [2.75, 3.05) is 25.1 Å². The quantitative estimate of drug-likeness (QED) is 0.218. The van der Waals surface area contributed by atoms with Crippen LogP contribution in [-0.4, -0.2) is 54.7 Å². The van der Waals surface area contributed by atoms with Crippen LogP contribution in [-0.2, 0) is 26.5 Å². The van der Waals surface area contributed by atoms with Crippen LogP contribution < -0.4 is 10.1 Å². The fourth-order valence-corrected chi connectivity index (χ4v) is 5.00. The molecule has 0 aliphatic carbocycles. The Morgan fingerprint density at radius 3 is 2.50 bits per heavy atom. The predicted octanol–water partition coefficient (Wildman–Crippen LogP) is 6.16. The van der Waals surface area contributed by atoms with Gasteiger partial charge in [0.25, 0.3) is 0 Å². The standard InChI is InChI=1S/C26H33F2N3O6Si/c1-16(2)37-26(13-35-14-26)18-12-31(15-34-8-9-38(3,4)5)24-22(18)21(6-7-29-24)36-23-19(27)10-17(11-20(23)28)30-25(32)33/h6-7,10-12,16,30H,8-9,13-15H2,1-5H3,(H,32,33). The monoisotopic (exact) mass is 549 g/mol. The predicted molar refractivity (Wildman–Crippen MR) is 141 cm³/mol. The van der Waals surface area contributed by atoms with E-state index in [-0.39, 0.29) is 24.3 Å². The zero-order valence-electron chi connectivity index (χ0n) is 22.1. The average molecular weight is 550 g/mol. The highest BCUT2D eigenvalue weighted by molar-refractivity contribution is 6.76. The maximum Gasteiger partial charge on any atom is 0.409 e. The highest BCUT2D eigenvalue weighted by Crippen LogP contribution is 2.44. The van der Waals surface area contributed by atoms with Gasteiger partial charge in [-0.3, -0.25) is 5.32 Å².